The van der Waals surface area contributed by atoms with Crippen LogP contribution in [0.25, 0.3) is 11.0 Å². The number of H-pyrrole nitrogens is 1. The van der Waals surface area contributed by atoms with E-state index in [-0.39, 0.29) is 12.4 Å². The van der Waals surface area contributed by atoms with Crippen molar-refractivity contribution < 1.29 is 4.42 Å². The van der Waals surface area contributed by atoms with Crippen molar-refractivity contribution in [3.05, 3.63) is 41.7 Å². The number of rotatable bonds is 5. The molecule has 3 aromatic heterocycles. The van der Waals surface area contributed by atoms with Crippen molar-refractivity contribution in [1.29, 1.82) is 0 Å². The molecule has 7 heteroatoms. The van der Waals surface area contributed by atoms with Gasteiger partial charge in [-0.25, -0.2) is 9.97 Å². The molecule has 3 rings (SSSR count). The molecular weight excluding hydrogens is 302 g/mol. The summed E-state index contributed by atoms with van der Waals surface area (Å²) in [6, 6.07) is 6.16. The number of hydrogen-bond donors (Lipinski definition) is 3. The van der Waals surface area contributed by atoms with Gasteiger partial charge in [-0.05, 0) is 32.2 Å². The summed E-state index contributed by atoms with van der Waals surface area (Å²) in [7, 11) is 1.95. The molecule has 4 N–H and O–H groups in total. The third-order valence-electron chi connectivity index (χ3n) is 3.55. The number of likely N-dealkylation sites (N-methyl/N-ethyl adjacent to an activating group) is 1. The average Bonchev–Trinajstić information content (AvgIpc) is 3.08. The van der Waals surface area contributed by atoms with Crippen molar-refractivity contribution >= 4 is 29.3 Å². The van der Waals surface area contributed by atoms with Crippen LogP contribution < -0.4 is 11.1 Å². The van der Waals surface area contributed by atoms with Crippen LogP contribution >= 0.6 is 12.4 Å². The Labute approximate surface area is 134 Å². The molecule has 1 atom stereocenters. The van der Waals surface area contributed by atoms with E-state index in [4.69, 9.17) is 10.2 Å². The summed E-state index contributed by atoms with van der Waals surface area (Å²) in [5.74, 6) is 1.98. The zero-order valence-electron chi connectivity index (χ0n) is 12.6. The minimum Gasteiger partial charge on any atom is -0.469 e. The Morgan fingerprint density at radius 2 is 2.23 bits per heavy atom. The summed E-state index contributed by atoms with van der Waals surface area (Å²) >= 11 is 0. The van der Waals surface area contributed by atoms with Gasteiger partial charge in [0.25, 0.3) is 0 Å². The number of nitrogens with zero attached hydrogens (tertiary/aromatic N) is 2. The van der Waals surface area contributed by atoms with Crippen molar-refractivity contribution in [3.63, 3.8) is 0 Å². The summed E-state index contributed by atoms with van der Waals surface area (Å²) in [5.41, 5.74) is 7.93. The topological polar surface area (TPSA) is 92.8 Å². The standard InChI is InChI=1S/C15H19N5O.ClH/c1-9(17-2)6-10-7-12-14(16)19-13(20-15(12)18-10)8-11-4-3-5-21-11;/h3-5,7,9,17H,6,8H2,1-2H3,(H3,16,18,19,20);1H. The lowest BCUT2D eigenvalue weighted by Gasteiger charge is -2.07. The predicted octanol–water partition coefficient (Wildman–Crippen LogP) is 2.30. The molecule has 0 aliphatic rings. The Balaban J connectivity index is 0.00000176. The van der Waals surface area contributed by atoms with E-state index in [1.54, 1.807) is 6.26 Å². The highest BCUT2D eigenvalue weighted by Gasteiger charge is 2.11. The van der Waals surface area contributed by atoms with Crippen molar-refractivity contribution in [3.8, 4) is 0 Å². The monoisotopic (exact) mass is 321 g/mol. The summed E-state index contributed by atoms with van der Waals surface area (Å²) in [4.78, 5) is 12.2. The van der Waals surface area contributed by atoms with Gasteiger partial charge >= 0.3 is 0 Å². The molecule has 118 valence electrons. The maximum atomic E-state index is 6.05. The van der Waals surface area contributed by atoms with E-state index in [0.29, 0.717) is 24.1 Å². The van der Waals surface area contributed by atoms with Gasteiger partial charge < -0.3 is 20.5 Å². The molecule has 0 saturated carbocycles. The van der Waals surface area contributed by atoms with E-state index in [2.05, 4.69) is 27.2 Å². The summed E-state index contributed by atoms with van der Waals surface area (Å²) in [5, 5.41) is 4.09. The molecule has 6 nitrogen and oxygen atoms in total. The van der Waals surface area contributed by atoms with E-state index in [1.807, 2.05) is 25.2 Å². The van der Waals surface area contributed by atoms with Crippen LogP contribution in [0.4, 0.5) is 5.82 Å². The third kappa shape index (κ3) is 3.40. The molecule has 0 aromatic carbocycles. The lowest BCUT2D eigenvalue weighted by molar-refractivity contribution is 0.517. The second-order valence-corrected chi connectivity index (χ2v) is 5.23. The van der Waals surface area contributed by atoms with Gasteiger partial charge in [-0.2, -0.15) is 0 Å². The maximum Gasteiger partial charge on any atom is 0.143 e. The van der Waals surface area contributed by atoms with Gasteiger partial charge in [0.05, 0.1) is 18.1 Å². The van der Waals surface area contributed by atoms with Crippen molar-refractivity contribution in [2.24, 2.45) is 0 Å². The molecule has 0 aliphatic heterocycles. The quantitative estimate of drug-likeness (QED) is 0.670. The number of nitrogen functional groups attached to an aromatic ring is 1. The minimum absolute atomic E-state index is 0. The van der Waals surface area contributed by atoms with E-state index in [0.717, 1.165) is 28.9 Å². The number of hydrogen-bond acceptors (Lipinski definition) is 5. The molecule has 3 heterocycles. The number of fused-ring (bicyclic) bond motifs is 1. The number of nitrogens with two attached hydrogens (primary N) is 1. The van der Waals surface area contributed by atoms with Gasteiger partial charge in [0.1, 0.15) is 23.0 Å². The molecule has 0 amide bonds. The number of halogens is 1. The highest BCUT2D eigenvalue weighted by Crippen LogP contribution is 2.21. The Hall–Kier alpha value is -2.05. The summed E-state index contributed by atoms with van der Waals surface area (Å²) in [6.45, 7) is 2.13. The lowest BCUT2D eigenvalue weighted by Crippen LogP contribution is -2.23. The largest absolute Gasteiger partial charge is 0.469 e. The van der Waals surface area contributed by atoms with Gasteiger partial charge in [0.2, 0.25) is 0 Å². The zero-order valence-corrected chi connectivity index (χ0v) is 13.4. The summed E-state index contributed by atoms with van der Waals surface area (Å²) < 4.78 is 5.32. The SMILES string of the molecule is CNC(C)Cc1cc2c(N)nc(Cc3ccco3)nc2[nH]1.Cl. The normalized spacial score (nSPS) is 12.3. The second-order valence-electron chi connectivity index (χ2n) is 5.23. The van der Waals surface area contributed by atoms with Crippen molar-refractivity contribution in [2.45, 2.75) is 25.8 Å². The molecule has 22 heavy (non-hydrogen) atoms. The highest BCUT2D eigenvalue weighted by atomic mass is 35.5. The van der Waals surface area contributed by atoms with Crippen LogP contribution in [0.2, 0.25) is 0 Å². The van der Waals surface area contributed by atoms with E-state index in [1.165, 1.54) is 0 Å². The molecule has 0 radical (unpaired) electrons. The van der Waals surface area contributed by atoms with Crippen LogP contribution in [0, 0.1) is 0 Å². The van der Waals surface area contributed by atoms with E-state index < -0.39 is 0 Å². The molecule has 0 fully saturated rings. The molecule has 0 spiro atoms. The fourth-order valence-electron chi connectivity index (χ4n) is 2.32. The number of nitrogens with one attached hydrogen (secondary N) is 2. The van der Waals surface area contributed by atoms with Gasteiger partial charge in [0.15, 0.2) is 0 Å². The number of aromatic amines is 1. The number of furan rings is 1. The van der Waals surface area contributed by atoms with Crippen LogP contribution in [-0.4, -0.2) is 28.0 Å². The van der Waals surface area contributed by atoms with Crippen molar-refractivity contribution in [1.82, 2.24) is 20.3 Å². The second kappa shape index (κ2) is 6.81. The Morgan fingerprint density at radius 3 is 2.91 bits per heavy atom. The Kier molecular flexibility index (Phi) is 5.05. The van der Waals surface area contributed by atoms with Gasteiger partial charge in [0, 0.05) is 18.2 Å². The maximum absolute atomic E-state index is 6.05. The van der Waals surface area contributed by atoms with E-state index >= 15 is 0 Å². The number of aromatic nitrogens is 3. The molecule has 0 saturated heterocycles. The molecule has 3 aromatic rings. The lowest BCUT2D eigenvalue weighted by atomic mass is 10.2. The smallest absolute Gasteiger partial charge is 0.143 e. The van der Waals surface area contributed by atoms with Crippen LogP contribution in [0.5, 0.6) is 0 Å². The first-order valence-corrected chi connectivity index (χ1v) is 6.99. The first-order chi connectivity index (χ1) is 10.2. The molecule has 0 aliphatic carbocycles. The molecular formula is C15H20ClN5O. The van der Waals surface area contributed by atoms with Gasteiger partial charge in [-0.3, -0.25) is 0 Å². The predicted molar refractivity (Wildman–Crippen MR) is 89.3 cm³/mol. The fraction of sp³-hybridized carbons (Fsp3) is 0.333. The Morgan fingerprint density at radius 1 is 1.41 bits per heavy atom. The fourth-order valence-corrected chi connectivity index (χ4v) is 2.32. The van der Waals surface area contributed by atoms with Gasteiger partial charge in [-0.1, -0.05) is 0 Å². The number of anilines is 1. The first kappa shape index (κ1) is 16.3. The van der Waals surface area contributed by atoms with E-state index in [9.17, 15) is 0 Å². The third-order valence-corrected chi connectivity index (χ3v) is 3.55. The highest BCUT2D eigenvalue weighted by molar-refractivity contribution is 5.86. The molecule has 1 unspecified atom stereocenters. The molecule has 0 bridgehead atoms. The minimum atomic E-state index is 0. The van der Waals surface area contributed by atoms with Crippen LogP contribution in [-0.2, 0) is 12.8 Å². The average molecular weight is 322 g/mol. The van der Waals surface area contributed by atoms with Crippen LogP contribution in [0.3, 0.4) is 0 Å². The van der Waals surface area contributed by atoms with Crippen LogP contribution in [0.15, 0.2) is 28.9 Å². The Bertz CT molecular complexity index is 738. The summed E-state index contributed by atoms with van der Waals surface area (Å²) in [6.07, 6.45) is 3.07. The van der Waals surface area contributed by atoms with Crippen LogP contribution in [0.1, 0.15) is 24.2 Å². The zero-order chi connectivity index (χ0) is 14.8. The van der Waals surface area contributed by atoms with Crippen molar-refractivity contribution in [2.75, 3.05) is 12.8 Å². The van der Waals surface area contributed by atoms with Gasteiger partial charge in [-0.15, -0.1) is 12.4 Å². The first-order valence-electron chi connectivity index (χ1n) is 6.99.